The molecule has 1 heterocycles. The van der Waals surface area contributed by atoms with E-state index >= 15 is 0 Å². The Kier molecular flexibility index (Phi) is 3.23. The molecule has 1 aromatic heterocycles. The quantitative estimate of drug-likeness (QED) is 0.925. The van der Waals surface area contributed by atoms with Crippen LogP contribution in [0.25, 0.3) is 0 Å². The molecule has 0 amide bonds. The first kappa shape index (κ1) is 12.5. The van der Waals surface area contributed by atoms with Crippen molar-refractivity contribution in [1.29, 1.82) is 0 Å². The summed E-state index contributed by atoms with van der Waals surface area (Å²) in [4.78, 5) is 0. The van der Waals surface area contributed by atoms with Crippen LogP contribution in [0, 0.1) is 6.92 Å². The fraction of sp³-hybridized carbons (Fsp3) is 0.400. The number of benzene rings is 1. The van der Waals surface area contributed by atoms with Crippen LogP contribution in [0.3, 0.4) is 0 Å². The third-order valence-corrected chi connectivity index (χ3v) is 4.07. The predicted octanol–water partition coefficient (Wildman–Crippen LogP) is 3.74. The monoisotopic (exact) mass is 275 g/mol. The molecule has 19 heavy (non-hydrogen) atoms. The third-order valence-electron chi connectivity index (χ3n) is 3.83. The Morgan fingerprint density at radius 2 is 2.16 bits per heavy atom. The number of anilines is 1. The molecule has 3 rings (SSSR count). The van der Waals surface area contributed by atoms with Gasteiger partial charge in [0.25, 0.3) is 0 Å². The van der Waals surface area contributed by atoms with Gasteiger partial charge in [0, 0.05) is 24.3 Å². The van der Waals surface area contributed by atoms with Crippen LogP contribution in [0.4, 0.5) is 5.69 Å². The number of nitrogens with zero attached hydrogens (tertiary/aromatic N) is 2. The molecule has 1 N–H and O–H groups in total. The summed E-state index contributed by atoms with van der Waals surface area (Å²) < 4.78 is 1.85. The molecule has 1 aliphatic carbocycles. The van der Waals surface area contributed by atoms with Crippen molar-refractivity contribution in [3.63, 3.8) is 0 Å². The molecular weight excluding hydrogens is 258 g/mol. The summed E-state index contributed by atoms with van der Waals surface area (Å²) in [5.41, 5.74) is 3.57. The third kappa shape index (κ3) is 2.61. The van der Waals surface area contributed by atoms with Gasteiger partial charge in [-0.1, -0.05) is 23.7 Å². The van der Waals surface area contributed by atoms with Gasteiger partial charge in [-0.3, -0.25) is 4.68 Å². The molecule has 1 saturated carbocycles. The zero-order valence-corrected chi connectivity index (χ0v) is 12.0. The van der Waals surface area contributed by atoms with Gasteiger partial charge in [-0.25, -0.2) is 0 Å². The zero-order valence-electron chi connectivity index (χ0n) is 11.2. The molecule has 100 valence electrons. The van der Waals surface area contributed by atoms with E-state index in [1.807, 2.05) is 37.0 Å². The highest BCUT2D eigenvalue weighted by Crippen LogP contribution is 2.39. The van der Waals surface area contributed by atoms with Crippen LogP contribution in [-0.2, 0) is 7.05 Å². The first-order chi connectivity index (χ1) is 9.11. The molecule has 0 unspecified atom stereocenters. The largest absolute Gasteiger partial charge is 0.380 e. The zero-order chi connectivity index (χ0) is 13.4. The average Bonchev–Trinajstić information content (AvgIpc) is 2.61. The van der Waals surface area contributed by atoms with E-state index in [0.29, 0.717) is 12.0 Å². The lowest BCUT2D eigenvalue weighted by Gasteiger charge is -2.36. The van der Waals surface area contributed by atoms with Crippen molar-refractivity contribution in [3.8, 4) is 0 Å². The Morgan fingerprint density at radius 1 is 1.37 bits per heavy atom. The second-order valence-corrected chi connectivity index (χ2v) is 5.80. The summed E-state index contributed by atoms with van der Waals surface area (Å²) in [5, 5.41) is 8.74. The first-order valence-corrected chi connectivity index (χ1v) is 7.02. The van der Waals surface area contributed by atoms with Crippen molar-refractivity contribution in [2.24, 2.45) is 7.05 Å². The lowest BCUT2D eigenvalue weighted by atomic mass is 9.76. The van der Waals surface area contributed by atoms with Crippen molar-refractivity contribution < 1.29 is 0 Å². The van der Waals surface area contributed by atoms with Crippen LogP contribution in [0.5, 0.6) is 0 Å². The van der Waals surface area contributed by atoms with E-state index in [2.05, 4.69) is 22.5 Å². The number of hydrogen-bond donors (Lipinski definition) is 1. The molecule has 0 atom stereocenters. The molecule has 0 radical (unpaired) electrons. The second-order valence-electron chi connectivity index (χ2n) is 5.37. The Labute approximate surface area is 118 Å². The van der Waals surface area contributed by atoms with Crippen LogP contribution in [0.15, 0.2) is 30.5 Å². The van der Waals surface area contributed by atoms with Gasteiger partial charge >= 0.3 is 0 Å². The smallest absolute Gasteiger partial charge is 0.0825 e. The summed E-state index contributed by atoms with van der Waals surface area (Å²) in [7, 11) is 1.95. The van der Waals surface area contributed by atoms with Crippen LogP contribution >= 0.6 is 11.6 Å². The molecular formula is C15H18ClN3. The van der Waals surface area contributed by atoms with E-state index in [4.69, 9.17) is 11.6 Å². The van der Waals surface area contributed by atoms with Crippen LogP contribution in [0.1, 0.15) is 30.0 Å². The summed E-state index contributed by atoms with van der Waals surface area (Å²) >= 11 is 6.03. The fourth-order valence-corrected chi connectivity index (χ4v) is 2.93. The lowest BCUT2D eigenvalue weighted by Crippen LogP contribution is -2.34. The van der Waals surface area contributed by atoms with Gasteiger partial charge in [0.15, 0.2) is 0 Å². The Morgan fingerprint density at radius 3 is 2.79 bits per heavy atom. The fourth-order valence-electron chi connectivity index (χ4n) is 2.73. The van der Waals surface area contributed by atoms with E-state index in [0.717, 1.165) is 29.2 Å². The van der Waals surface area contributed by atoms with Gasteiger partial charge < -0.3 is 5.32 Å². The topological polar surface area (TPSA) is 29.9 Å². The maximum absolute atomic E-state index is 6.03. The Balaban J connectivity index is 1.60. The molecule has 1 fully saturated rings. The van der Waals surface area contributed by atoms with Gasteiger partial charge in [-0.05, 0) is 43.4 Å². The summed E-state index contributed by atoms with van der Waals surface area (Å²) in [6.07, 6.45) is 4.37. The molecule has 4 heteroatoms. The maximum atomic E-state index is 6.03. The molecule has 2 aromatic rings. The first-order valence-electron chi connectivity index (χ1n) is 6.64. The Hall–Kier alpha value is -1.48. The van der Waals surface area contributed by atoms with E-state index in [1.165, 1.54) is 5.56 Å². The minimum Gasteiger partial charge on any atom is -0.380 e. The summed E-state index contributed by atoms with van der Waals surface area (Å²) in [6.45, 7) is 2.04. The SMILES string of the molecule is Cc1nn(C)cc1NC1CC(c2cccc(Cl)c2)C1. The van der Waals surface area contributed by atoms with Crippen molar-refractivity contribution in [3.05, 3.63) is 46.7 Å². The van der Waals surface area contributed by atoms with Crippen LogP contribution in [-0.4, -0.2) is 15.8 Å². The molecule has 1 aromatic carbocycles. The normalized spacial score (nSPS) is 22.1. The van der Waals surface area contributed by atoms with Gasteiger partial charge in [0.2, 0.25) is 0 Å². The van der Waals surface area contributed by atoms with E-state index in [9.17, 15) is 0 Å². The van der Waals surface area contributed by atoms with Crippen molar-refractivity contribution in [2.45, 2.75) is 31.7 Å². The molecule has 1 aliphatic rings. The highest BCUT2D eigenvalue weighted by atomic mass is 35.5. The van der Waals surface area contributed by atoms with Crippen molar-refractivity contribution in [2.75, 3.05) is 5.32 Å². The average molecular weight is 276 g/mol. The molecule has 0 spiro atoms. The highest BCUT2D eigenvalue weighted by molar-refractivity contribution is 6.30. The summed E-state index contributed by atoms with van der Waals surface area (Å²) in [5.74, 6) is 0.633. The van der Waals surface area contributed by atoms with Crippen molar-refractivity contribution >= 4 is 17.3 Å². The predicted molar refractivity (Wildman–Crippen MR) is 78.8 cm³/mol. The van der Waals surface area contributed by atoms with E-state index in [1.54, 1.807) is 0 Å². The highest BCUT2D eigenvalue weighted by Gasteiger charge is 2.30. The van der Waals surface area contributed by atoms with Gasteiger partial charge in [0.05, 0.1) is 11.4 Å². The van der Waals surface area contributed by atoms with Crippen LogP contribution in [0.2, 0.25) is 5.02 Å². The van der Waals surface area contributed by atoms with Crippen LogP contribution < -0.4 is 5.32 Å². The van der Waals surface area contributed by atoms with Crippen molar-refractivity contribution in [1.82, 2.24) is 9.78 Å². The van der Waals surface area contributed by atoms with Gasteiger partial charge in [-0.2, -0.15) is 5.10 Å². The molecule has 0 bridgehead atoms. The molecule has 0 saturated heterocycles. The standard InChI is InChI=1S/C15H18ClN3/c1-10-15(9-19(2)18-10)17-14-7-12(8-14)11-4-3-5-13(16)6-11/h3-6,9,12,14,17H,7-8H2,1-2H3. The van der Waals surface area contributed by atoms with E-state index in [-0.39, 0.29) is 0 Å². The lowest BCUT2D eigenvalue weighted by molar-refractivity contribution is 0.374. The Bertz CT molecular complexity index is 585. The maximum Gasteiger partial charge on any atom is 0.0825 e. The number of aromatic nitrogens is 2. The minimum absolute atomic E-state index is 0.548. The number of aryl methyl sites for hydroxylation is 2. The number of nitrogens with one attached hydrogen (secondary N) is 1. The molecule has 0 aliphatic heterocycles. The van der Waals surface area contributed by atoms with Gasteiger partial charge in [-0.15, -0.1) is 0 Å². The number of rotatable bonds is 3. The second kappa shape index (κ2) is 4.89. The van der Waals surface area contributed by atoms with Gasteiger partial charge in [0.1, 0.15) is 0 Å². The molecule has 3 nitrogen and oxygen atoms in total. The minimum atomic E-state index is 0.548. The summed E-state index contributed by atoms with van der Waals surface area (Å²) in [6, 6.07) is 8.76. The van der Waals surface area contributed by atoms with E-state index < -0.39 is 0 Å². The number of halogens is 1. The number of hydrogen-bond acceptors (Lipinski definition) is 2.